The van der Waals surface area contributed by atoms with Crippen LogP contribution in [0.2, 0.25) is 5.02 Å². The zero-order valence-electron chi connectivity index (χ0n) is 11.6. The Kier molecular flexibility index (Phi) is 4.79. The number of benzene rings is 2. The van der Waals surface area contributed by atoms with Crippen molar-refractivity contribution in [2.45, 2.75) is 32.3 Å². The summed E-state index contributed by atoms with van der Waals surface area (Å²) < 4.78 is 13.7. The highest BCUT2D eigenvalue weighted by molar-refractivity contribution is 6.30. The van der Waals surface area contributed by atoms with Crippen LogP contribution in [0.3, 0.4) is 0 Å². The summed E-state index contributed by atoms with van der Waals surface area (Å²) in [5, 5.41) is 10.6. The predicted octanol–water partition coefficient (Wildman–Crippen LogP) is 4.88. The molecule has 0 bridgehead atoms. The molecule has 0 radical (unpaired) electrons. The Balaban J connectivity index is 2.14. The molecule has 0 saturated heterocycles. The Hall–Kier alpha value is -1.38. The van der Waals surface area contributed by atoms with Crippen molar-refractivity contribution in [3.05, 3.63) is 70.0 Å². The molecule has 0 spiro atoms. The van der Waals surface area contributed by atoms with Gasteiger partial charge in [-0.05, 0) is 35.2 Å². The lowest BCUT2D eigenvalue weighted by atomic mass is 9.97. The molecule has 1 atom stereocenters. The number of hydrogen-bond donors (Lipinski definition) is 1. The summed E-state index contributed by atoms with van der Waals surface area (Å²) in [6.45, 7) is 4.26. The first kappa shape index (κ1) is 15.0. The fourth-order valence-electron chi connectivity index (χ4n) is 2.14. The molecule has 106 valence electrons. The minimum absolute atomic E-state index is 0.241. The van der Waals surface area contributed by atoms with Gasteiger partial charge in [0.05, 0.1) is 6.10 Å². The lowest BCUT2D eigenvalue weighted by Gasteiger charge is -2.13. The molecule has 2 aromatic rings. The third kappa shape index (κ3) is 3.59. The number of aliphatic hydroxyl groups excluding tert-OH is 1. The molecule has 1 unspecified atom stereocenters. The summed E-state index contributed by atoms with van der Waals surface area (Å²) in [6.07, 6.45) is -0.520. The number of aliphatic hydroxyl groups is 1. The summed E-state index contributed by atoms with van der Waals surface area (Å²) >= 11 is 5.84. The van der Waals surface area contributed by atoms with Gasteiger partial charge in [0.2, 0.25) is 0 Å². The molecule has 0 fully saturated rings. The molecule has 2 aromatic carbocycles. The minimum atomic E-state index is -0.890. The molecule has 3 heteroatoms. The van der Waals surface area contributed by atoms with Crippen molar-refractivity contribution < 1.29 is 9.50 Å². The maximum atomic E-state index is 13.7. The quantitative estimate of drug-likeness (QED) is 0.851. The Morgan fingerprint density at radius 2 is 1.75 bits per heavy atom. The monoisotopic (exact) mass is 292 g/mol. The van der Waals surface area contributed by atoms with Crippen LogP contribution in [0.1, 0.15) is 42.6 Å². The lowest BCUT2D eigenvalue weighted by molar-refractivity contribution is 0.173. The Labute approximate surface area is 124 Å². The second-order valence-electron chi connectivity index (χ2n) is 5.28. The van der Waals surface area contributed by atoms with E-state index in [-0.39, 0.29) is 5.56 Å². The van der Waals surface area contributed by atoms with E-state index in [9.17, 15) is 9.50 Å². The molecule has 0 aliphatic rings. The van der Waals surface area contributed by atoms with Crippen LogP contribution in [0.25, 0.3) is 0 Å². The van der Waals surface area contributed by atoms with Gasteiger partial charge < -0.3 is 5.11 Å². The fraction of sp³-hybridized carbons (Fsp3) is 0.294. The van der Waals surface area contributed by atoms with E-state index < -0.39 is 11.9 Å². The smallest absolute Gasteiger partial charge is 0.129 e. The van der Waals surface area contributed by atoms with E-state index in [1.165, 1.54) is 23.8 Å². The van der Waals surface area contributed by atoms with E-state index in [4.69, 9.17) is 11.6 Å². The van der Waals surface area contributed by atoms with Gasteiger partial charge in [-0.2, -0.15) is 0 Å². The highest BCUT2D eigenvalue weighted by atomic mass is 35.5. The number of halogens is 2. The van der Waals surface area contributed by atoms with Gasteiger partial charge in [0.15, 0.2) is 0 Å². The van der Waals surface area contributed by atoms with Crippen molar-refractivity contribution in [1.82, 2.24) is 0 Å². The van der Waals surface area contributed by atoms with Gasteiger partial charge in [-0.3, -0.25) is 0 Å². The highest BCUT2D eigenvalue weighted by Gasteiger charge is 2.14. The molecule has 0 saturated carbocycles. The van der Waals surface area contributed by atoms with Crippen LogP contribution >= 0.6 is 11.6 Å². The first-order chi connectivity index (χ1) is 9.47. The average Bonchev–Trinajstić information content (AvgIpc) is 2.42. The van der Waals surface area contributed by atoms with E-state index in [0.717, 1.165) is 5.56 Å². The molecule has 0 heterocycles. The molecule has 1 nitrogen and oxygen atoms in total. The zero-order valence-corrected chi connectivity index (χ0v) is 12.4. The van der Waals surface area contributed by atoms with Crippen LogP contribution in [0.4, 0.5) is 4.39 Å². The van der Waals surface area contributed by atoms with Crippen molar-refractivity contribution in [2.24, 2.45) is 0 Å². The minimum Gasteiger partial charge on any atom is -0.388 e. The molecule has 0 aromatic heterocycles. The lowest BCUT2D eigenvalue weighted by Crippen LogP contribution is -2.04. The van der Waals surface area contributed by atoms with Gasteiger partial charge >= 0.3 is 0 Å². The normalized spacial score (nSPS) is 12.7. The molecule has 0 aliphatic carbocycles. The van der Waals surface area contributed by atoms with E-state index >= 15 is 0 Å². The number of rotatable bonds is 4. The summed E-state index contributed by atoms with van der Waals surface area (Å²) in [7, 11) is 0. The van der Waals surface area contributed by atoms with Crippen LogP contribution in [-0.2, 0) is 6.42 Å². The second-order valence-corrected chi connectivity index (χ2v) is 5.72. The van der Waals surface area contributed by atoms with Gasteiger partial charge in [-0.15, -0.1) is 0 Å². The van der Waals surface area contributed by atoms with Crippen LogP contribution in [0, 0.1) is 5.82 Å². The van der Waals surface area contributed by atoms with E-state index in [2.05, 4.69) is 13.8 Å². The fourth-order valence-corrected chi connectivity index (χ4v) is 2.32. The standard InChI is InChI=1S/C17H18ClFO/c1-11(2)13-5-3-12(4-6-13)9-17(20)15-10-14(18)7-8-16(15)19/h3-8,10-11,17,20H,9H2,1-2H3. The van der Waals surface area contributed by atoms with Gasteiger partial charge in [0.25, 0.3) is 0 Å². The largest absolute Gasteiger partial charge is 0.388 e. The topological polar surface area (TPSA) is 20.2 Å². The molecule has 0 aliphatic heterocycles. The maximum Gasteiger partial charge on any atom is 0.129 e. The van der Waals surface area contributed by atoms with E-state index in [0.29, 0.717) is 17.4 Å². The summed E-state index contributed by atoms with van der Waals surface area (Å²) in [5.74, 6) is 0.0417. The molecular weight excluding hydrogens is 275 g/mol. The van der Waals surface area contributed by atoms with Gasteiger partial charge in [0.1, 0.15) is 5.82 Å². The van der Waals surface area contributed by atoms with Gasteiger partial charge in [-0.25, -0.2) is 4.39 Å². The molecule has 0 amide bonds. The highest BCUT2D eigenvalue weighted by Crippen LogP contribution is 2.25. The number of hydrogen-bond acceptors (Lipinski definition) is 1. The van der Waals surface area contributed by atoms with Crippen molar-refractivity contribution >= 4 is 11.6 Å². The van der Waals surface area contributed by atoms with E-state index in [1.807, 2.05) is 24.3 Å². The molecule has 20 heavy (non-hydrogen) atoms. The molecule has 2 rings (SSSR count). The third-order valence-electron chi connectivity index (χ3n) is 3.39. The van der Waals surface area contributed by atoms with Gasteiger partial charge in [-0.1, -0.05) is 49.7 Å². The van der Waals surface area contributed by atoms with Crippen LogP contribution in [0.5, 0.6) is 0 Å². The van der Waals surface area contributed by atoms with Crippen molar-refractivity contribution in [1.29, 1.82) is 0 Å². The van der Waals surface area contributed by atoms with Crippen LogP contribution in [0.15, 0.2) is 42.5 Å². The summed E-state index contributed by atoms with van der Waals surface area (Å²) in [5.41, 5.74) is 2.46. The van der Waals surface area contributed by atoms with Crippen molar-refractivity contribution in [3.63, 3.8) is 0 Å². The van der Waals surface area contributed by atoms with Crippen molar-refractivity contribution in [2.75, 3.05) is 0 Å². The maximum absolute atomic E-state index is 13.7. The Morgan fingerprint density at radius 1 is 1.10 bits per heavy atom. The summed E-state index contributed by atoms with van der Waals surface area (Å²) in [6, 6.07) is 12.3. The third-order valence-corrected chi connectivity index (χ3v) is 3.63. The average molecular weight is 293 g/mol. The zero-order chi connectivity index (χ0) is 14.7. The second kappa shape index (κ2) is 6.38. The predicted molar refractivity (Wildman–Crippen MR) is 80.6 cm³/mol. The van der Waals surface area contributed by atoms with Crippen molar-refractivity contribution in [3.8, 4) is 0 Å². The summed E-state index contributed by atoms with van der Waals surface area (Å²) in [4.78, 5) is 0. The van der Waals surface area contributed by atoms with Gasteiger partial charge in [0, 0.05) is 17.0 Å². The first-order valence-corrected chi connectivity index (χ1v) is 7.07. The molecule has 1 N–H and O–H groups in total. The van der Waals surface area contributed by atoms with E-state index in [1.54, 1.807) is 0 Å². The Morgan fingerprint density at radius 3 is 2.35 bits per heavy atom. The van der Waals surface area contributed by atoms with Crippen LogP contribution in [-0.4, -0.2) is 5.11 Å². The first-order valence-electron chi connectivity index (χ1n) is 6.69. The molecular formula is C17H18ClFO. The Bertz CT molecular complexity index is 578. The van der Waals surface area contributed by atoms with Crippen LogP contribution < -0.4 is 0 Å². The SMILES string of the molecule is CC(C)c1ccc(CC(O)c2cc(Cl)ccc2F)cc1.